The summed E-state index contributed by atoms with van der Waals surface area (Å²) in [6.07, 6.45) is 1.98. The first-order valence-electron chi connectivity index (χ1n) is 6.39. The highest BCUT2D eigenvalue weighted by atomic mass is 16.7. The fourth-order valence-corrected chi connectivity index (χ4v) is 2.43. The third-order valence-corrected chi connectivity index (χ3v) is 3.57. The van der Waals surface area contributed by atoms with E-state index in [-0.39, 0.29) is 5.91 Å². The fourth-order valence-electron chi connectivity index (χ4n) is 2.43. The molecule has 0 bridgehead atoms. The van der Waals surface area contributed by atoms with E-state index in [0.29, 0.717) is 19.8 Å². The summed E-state index contributed by atoms with van der Waals surface area (Å²) in [4.78, 5) is 15.7. The number of likely N-dealkylation sites (N-methyl/N-ethyl adjacent to an activating group) is 1. The van der Waals surface area contributed by atoms with Gasteiger partial charge in [0.25, 0.3) is 0 Å². The summed E-state index contributed by atoms with van der Waals surface area (Å²) in [5.41, 5.74) is 0. The van der Waals surface area contributed by atoms with E-state index in [0.717, 1.165) is 32.5 Å². The van der Waals surface area contributed by atoms with Crippen LogP contribution in [0.25, 0.3) is 0 Å². The summed E-state index contributed by atoms with van der Waals surface area (Å²) in [7, 11) is 1.84. The van der Waals surface area contributed by atoms with Crippen molar-refractivity contribution in [2.75, 3.05) is 46.4 Å². The van der Waals surface area contributed by atoms with E-state index in [2.05, 4.69) is 4.90 Å². The molecule has 1 amide bonds. The standard InChI is InChI=1S/C12H22N2O3/c1-3-13(2)11(15)9-14-6-4-5-12(10-14)16-7-8-17-12/h3-10H2,1-2H3. The van der Waals surface area contributed by atoms with Crippen molar-refractivity contribution in [1.29, 1.82) is 0 Å². The van der Waals surface area contributed by atoms with Crippen LogP contribution in [0.5, 0.6) is 0 Å². The quantitative estimate of drug-likeness (QED) is 0.714. The Labute approximate surface area is 103 Å². The summed E-state index contributed by atoms with van der Waals surface area (Å²) < 4.78 is 11.4. The van der Waals surface area contributed by atoms with Crippen LogP contribution in [-0.2, 0) is 14.3 Å². The molecule has 0 aromatic heterocycles. The first kappa shape index (κ1) is 12.8. The lowest BCUT2D eigenvalue weighted by atomic mass is 10.0. The van der Waals surface area contributed by atoms with E-state index in [1.165, 1.54) is 0 Å². The molecule has 2 aliphatic rings. The first-order chi connectivity index (χ1) is 8.15. The molecule has 2 fully saturated rings. The third kappa shape index (κ3) is 2.97. The Balaban J connectivity index is 1.87. The first-order valence-corrected chi connectivity index (χ1v) is 6.39. The predicted octanol–water partition coefficient (Wildman–Crippen LogP) is 0.304. The molecule has 0 atom stereocenters. The van der Waals surface area contributed by atoms with Crippen molar-refractivity contribution in [3.63, 3.8) is 0 Å². The molecule has 2 aliphatic heterocycles. The number of ether oxygens (including phenoxy) is 2. The number of carbonyl (C=O) groups is 1. The number of hydrogen-bond acceptors (Lipinski definition) is 4. The van der Waals surface area contributed by atoms with E-state index in [1.54, 1.807) is 4.90 Å². The summed E-state index contributed by atoms with van der Waals surface area (Å²) in [5.74, 6) is -0.258. The van der Waals surface area contributed by atoms with Crippen LogP contribution in [-0.4, -0.2) is 67.9 Å². The van der Waals surface area contributed by atoms with Gasteiger partial charge in [-0.15, -0.1) is 0 Å². The molecule has 98 valence electrons. The SMILES string of the molecule is CCN(C)C(=O)CN1CCCC2(C1)OCCO2. The molecule has 0 aliphatic carbocycles. The Hall–Kier alpha value is -0.650. The highest BCUT2D eigenvalue weighted by Crippen LogP contribution is 2.29. The van der Waals surface area contributed by atoms with Gasteiger partial charge in [0.15, 0.2) is 5.79 Å². The van der Waals surface area contributed by atoms with Gasteiger partial charge in [-0.25, -0.2) is 0 Å². The van der Waals surface area contributed by atoms with Crippen LogP contribution in [0.1, 0.15) is 19.8 Å². The molecule has 2 rings (SSSR count). The van der Waals surface area contributed by atoms with Crippen molar-refractivity contribution in [1.82, 2.24) is 9.80 Å². The molecule has 5 heteroatoms. The fraction of sp³-hybridized carbons (Fsp3) is 0.917. The number of rotatable bonds is 3. The second-order valence-corrected chi connectivity index (χ2v) is 4.83. The Morgan fingerprint density at radius 2 is 2.12 bits per heavy atom. The van der Waals surface area contributed by atoms with Gasteiger partial charge in [-0.1, -0.05) is 0 Å². The number of likely N-dealkylation sites (tertiary alicyclic amines) is 1. The van der Waals surface area contributed by atoms with Gasteiger partial charge in [0.2, 0.25) is 5.91 Å². The molecule has 0 N–H and O–H groups in total. The Morgan fingerprint density at radius 1 is 1.41 bits per heavy atom. The zero-order chi connectivity index (χ0) is 12.3. The van der Waals surface area contributed by atoms with Gasteiger partial charge in [-0.2, -0.15) is 0 Å². The van der Waals surface area contributed by atoms with Crippen molar-refractivity contribution in [2.24, 2.45) is 0 Å². The van der Waals surface area contributed by atoms with Crippen molar-refractivity contribution >= 4 is 5.91 Å². The molecular formula is C12H22N2O3. The van der Waals surface area contributed by atoms with E-state index in [1.807, 2.05) is 14.0 Å². The molecule has 0 saturated carbocycles. The highest BCUT2D eigenvalue weighted by Gasteiger charge is 2.41. The molecule has 2 heterocycles. The van der Waals surface area contributed by atoms with Crippen LogP contribution in [0.15, 0.2) is 0 Å². The topological polar surface area (TPSA) is 42.0 Å². The van der Waals surface area contributed by atoms with Gasteiger partial charge in [-0.05, 0) is 19.9 Å². The summed E-state index contributed by atoms with van der Waals surface area (Å²) in [5, 5.41) is 0. The molecule has 0 unspecified atom stereocenters. The second kappa shape index (κ2) is 5.33. The number of piperidine rings is 1. The number of nitrogens with zero attached hydrogens (tertiary/aromatic N) is 2. The largest absolute Gasteiger partial charge is 0.346 e. The minimum atomic E-state index is -0.427. The summed E-state index contributed by atoms with van der Waals surface area (Å²) in [6.45, 7) is 6.24. The van der Waals surface area contributed by atoms with Gasteiger partial charge in [0.05, 0.1) is 26.3 Å². The second-order valence-electron chi connectivity index (χ2n) is 4.83. The lowest BCUT2D eigenvalue weighted by Crippen LogP contribution is -2.51. The molecule has 0 radical (unpaired) electrons. The van der Waals surface area contributed by atoms with E-state index >= 15 is 0 Å². The zero-order valence-electron chi connectivity index (χ0n) is 10.8. The predicted molar refractivity (Wildman–Crippen MR) is 63.6 cm³/mol. The van der Waals surface area contributed by atoms with Gasteiger partial charge < -0.3 is 14.4 Å². The Bertz CT molecular complexity index is 277. The van der Waals surface area contributed by atoms with Gasteiger partial charge in [-0.3, -0.25) is 9.69 Å². The van der Waals surface area contributed by atoms with Crippen molar-refractivity contribution in [2.45, 2.75) is 25.6 Å². The maximum atomic E-state index is 11.8. The Kier molecular flexibility index (Phi) is 4.01. The maximum absolute atomic E-state index is 11.8. The highest BCUT2D eigenvalue weighted by molar-refractivity contribution is 5.77. The van der Waals surface area contributed by atoms with Crippen molar-refractivity contribution < 1.29 is 14.3 Å². The van der Waals surface area contributed by atoms with Gasteiger partial charge in [0, 0.05) is 20.0 Å². The lowest BCUT2D eigenvalue weighted by Gasteiger charge is -2.38. The maximum Gasteiger partial charge on any atom is 0.236 e. The smallest absolute Gasteiger partial charge is 0.236 e. The molecular weight excluding hydrogens is 220 g/mol. The van der Waals surface area contributed by atoms with Crippen LogP contribution in [0.4, 0.5) is 0 Å². The van der Waals surface area contributed by atoms with Crippen LogP contribution in [0.2, 0.25) is 0 Å². The van der Waals surface area contributed by atoms with E-state index < -0.39 is 5.79 Å². The van der Waals surface area contributed by atoms with E-state index in [4.69, 9.17) is 9.47 Å². The molecule has 0 aromatic carbocycles. The van der Waals surface area contributed by atoms with Crippen molar-refractivity contribution in [3.05, 3.63) is 0 Å². The van der Waals surface area contributed by atoms with Gasteiger partial charge in [0.1, 0.15) is 0 Å². The van der Waals surface area contributed by atoms with Crippen LogP contribution in [0.3, 0.4) is 0 Å². The minimum absolute atomic E-state index is 0.169. The third-order valence-electron chi connectivity index (χ3n) is 3.57. The minimum Gasteiger partial charge on any atom is -0.346 e. The zero-order valence-corrected chi connectivity index (χ0v) is 10.8. The number of carbonyl (C=O) groups excluding carboxylic acids is 1. The monoisotopic (exact) mass is 242 g/mol. The Morgan fingerprint density at radius 3 is 2.76 bits per heavy atom. The molecule has 2 saturated heterocycles. The molecule has 5 nitrogen and oxygen atoms in total. The van der Waals surface area contributed by atoms with E-state index in [9.17, 15) is 4.79 Å². The summed E-state index contributed by atoms with van der Waals surface area (Å²) in [6, 6.07) is 0. The number of hydrogen-bond donors (Lipinski definition) is 0. The average molecular weight is 242 g/mol. The summed E-state index contributed by atoms with van der Waals surface area (Å²) >= 11 is 0. The van der Waals surface area contributed by atoms with Crippen LogP contribution >= 0.6 is 0 Å². The molecule has 0 aromatic rings. The average Bonchev–Trinajstić information content (AvgIpc) is 2.76. The van der Waals surface area contributed by atoms with Crippen LogP contribution in [0, 0.1) is 0 Å². The molecule has 1 spiro atoms. The molecule has 17 heavy (non-hydrogen) atoms. The number of amides is 1. The lowest BCUT2D eigenvalue weighted by molar-refractivity contribution is -0.190. The van der Waals surface area contributed by atoms with Crippen LogP contribution < -0.4 is 0 Å². The van der Waals surface area contributed by atoms with Crippen molar-refractivity contribution in [3.8, 4) is 0 Å². The van der Waals surface area contributed by atoms with Gasteiger partial charge >= 0.3 is 0 Å². The normalized spacial score (nSPS) is 24.1.